The van der Waals surface area contributed by atoms with Crippen molar-refractivity contribution in [3.8, 4) is 0 Å². The van der Waals surface area contributed by atoms with Crippen molar-refractivity contribution < 1.29 is 50.0 Å². The molecule has 0 radical (unpaired) electrons. The minimum atomic E-state index is -1.33. The summed E-state index contributed by atoms with van der Waals surface area (Å²) >= 11 is 0. The molecule has 5 aliphatic rings. The topological polar surface area (TPSA) is 169 Å². The summed E-state index contributed by atoms with van der Waals surface area (Å²) in [5, 5.41) is 77.4. The largest absolute Gasteiger partial charge is 0.396 e. The second kappa shape index (κ2) is 12.7. The molecule has 6 unspecified atom stereocenters. The molecule has 7 N–H and O–H groups in total. The molecule has 0 aromatic carbocycles. The highest BCUT2D eigenvalue weighted by atomic mass is 16.7. The third-order valence-electron chi connectivity index (χ3n) is 13.3. The Morgan fingerprint density at radius 3 is 2.32 bits per heavy atom. The first-order chi connectivity index (χ1) is 20.6. The van der Waals surface area contributed by atoms with Crippen LogP contribution >= 0.6 is 0 Å². The maximum Gasteiger partial charge on any atom is 0.186 e. The molecular formula is C34H58O10. The summed E-state index contributed by atoms with van der Waals surface area (Å²) in [4.78, 5) is 0. The van der Waals surface area contributed by atoms with Crippen LogP contribution in [-0.2, 0) is 14.2 Å². The van der Waals surface area contributed by atoms with Gasteiger partial charge in [0.2, 0.25) is 0 Å². The molecule has 0 amide bonds. The smallest absolute Gasteiger partial charge is 0.186 e. The lowest BCUT2D eigenvalue weighted by atomic mass is 9.42. The summed E-state index contributed by atoms with van der Waals surface area (Å²) in [6.07, 6.45) is -1.90. The Morgan fingerprint density at radius 2 is 1.66 bits per heavy atom. The van der Waals surface area contributed by atoms with E-state index in [0.29, 0.717) is 19.3 Å². The van der Waals surface area contributed by atoms with Crippen LogP contribution < -0.4 is 0 Å². The Balaban J connectivity index is 1.33. The zero-order valence-electron chi connectivity index (χ0n) is 27.2. The van der Waals surface area contributed by atoms with E-state index >= 15 is 0 Å². The number of methoxy groups -OCH3 is 1. The lowest BCUT2D eigenvalue weighted by molar-refractivity contribution is -0.303. The monoisotopic (exact) mass is 626 g/mol. The predicted molar refractivity (Wildman–Crippen MR) is 162 cm³/mol. The molecule has 5 fully saturated rings. The van der Waals surface area contributed by atoms with E-state index in [9.17, 15) is 35.7 Å². The lowest BCUT2D eigenvalue weighted by Gasteiger charge is -2.66. The van der Waals surface area contributed by atoms with Gasteiger partial charge in [0.05, 0.1) is 36.6 Å². The van der Waals surface area contributed by atoms with Crippen LogP contribution in [0.25, 0.3) is 0 Å². The Kier molecular flexibility index (Phi) is 10.0. The Bertz CT molecular complexity index is 1030. The minimum Gasteiger partial charge on any atom is -0.396 e. The molecule has 10 heteroatoms. The van der Waals surface area contributed by atoms with Crippen molar-refractivity contribution in [2.45, 2.75) is 134 Å². The molecule has 0 aromatic rings. The molecule has 0 spiro atoms. The number of rotatable bonds is 9. The van der Waals surface area contributed by atoms with Crippen LogP contribution in [0.15, 0.2) is 12.2 Å². The van der Waals surface area contributed by atoms with E-state index in [0.717, 1.165) is 31.3 Å². The highest BCUT2D eigenvalue weighted by Crippen LogP contribution is 2.70. The normalized spacial score (nSPS) is 52.0. The molecule has 254 valence electrons. The first kappa shape index (κ1) is 34.7. The Hall–Kier alpha value is -0.660. The molecule has 1 heterocycles. The average Bonchev–Trinajstić information content (AvgIpc) is 3.18. The van der Waals surface area contributed by atoms with Gasteiger partial charge in [-0.1, -0.05) is 39.8 Å². The van der Waals surface area contributed by atoms with Gasteiger partial charge < -0.3 is 50.0 Å². The molecule has 4 aliphatic carbocycles. The van der Waals surface area contributed by atoms with Crippen LogP contribution in [0.1, 0.15) is 79.1 Å². The Labute approximate surface area is 262 Å². The van der Waals surface area contributed by atoms with E-state index in [4.69, 9.17) is 14.2 Å². The summed E-state index contributed by atoms with van der Waals surface area (Å²) in [5.74, 6) is -1.00. The van der Waals surface area contributed by atoms with Gasteiger partial charge in [0.25, 0.3) is 0 Å². The van der Waals surface area contributed by atoms with Crippen molar-refractivity contribution in [3.05, 3.63) is 12.2 Å². The van der Waals surface area contributed by atoms with Gasteiger partial charge in [-0.05, 0) is 85.4 Å². The fraction of sp³-hybridized carbons (Fsp3) is 0.941. The van der Waals surface area contributed by atoms with Gasteiger partial charge in [0.15, 0.2) is 6.29 Å². The number of hydrogen-bond acceptors (Lipinski definition) is 10. The van der Waals surface area contributed by atoms with Crippen LogP contribution in [0, 0.1) is 46.3 Å². The maximum absolute atomic E-state index is 12.7. The molecule has 1 aliphatic heterocycles. The van der Waals surface area contributed by atoms with Crippen LogP contribution in [0.5, 0.6) is 0 Å². The van der Waals surface area contributed by atoms with Crippen molar-refractivity contribution in [2.24, 2.45) is 46.3 Å². The Morgan fingerprint density at radius 1 is 0.977 bits per heavy atom. The second-order valence-corrected chi connectivity index (χ2v) is 15.7. The van der Waals surface area contributed by atoms with Crippen molar-refractivity contribution in [3.63, 3.8) is 0 Å². The standard InChI is InChI=1S/C34H58O10/c1-17(19(3)15-35)7-8-18(2)25-27(39)28(40)30-33(25,5)12-10-24-32(4)11-9-20(13-21(32)22(36)14-34(24,30)41)44-31-29(42-6)26(38)23(37)16-43-31/h18-31,35-41H,1,7-16H2,2-6H3/t18-,19?,20?,21?,22?,23-,24-,25+,26+,27?,28?,29-,30-,31+,32+,33-,34+/m1/s1. The highest BCUT2D eigenvalue weighted by molar-refractivity contribution is 5.22. The molecular weight excluding hydrogens is 568 g/mol. The molecule has 5 rings (SSSR count). The van der Waals surface area contributed by atoms with E-state index in [1.807, 2.05) is 6.92 Å². The summed E-state index contributed by atoms with van der Waals surface area (Å²) in [6, 6.07) is 0. The van der Waals surface area contributed by atoms with Crippen LogP contribution in [-0.4, -0.2) is 111 Å². The van der Waals surface area contributed by atoms with Crippen LogP contribution in [0.3, 0.4) is 0 Å². The SMILES string of the molecule is C=C(CC[C@@H](C)[C@H]1C(O)C(O)[C@@H]2[C@]1(C)CC[C@H]1[C@@]2(O)CC(O)C2CC(O[C@@H]3OC[C@@H](O)[C@H](O)[C@H]3OC)CC[C@@]21C)C(C)CO. The van der Waals surface area contributed by atoms with Crippen molar-refractivity contribution >= 4 is 0 Å². The van der Waals surface area contributed by atoms with E-state index in [1.54, 1.807) is 0 Å². The minimum absolute atomic E-state index is 0.00905. The number of aliphatic hydroxyl groups excluding tert-OH is 6. The molecule has 10 nitrogen and oxygen atoms in total. The summed E-state index contributed by atoms with van der Waals surface area (Å²) in [5.41, 5.74) is -1.25. The van der Waals surface area contributed by atoms with Gasteiger partial charge in [-0.3, -0.25) is 0 Å². The summed E-state index contributed by atoms with van der Waals surface area (Å²) in [6.45, 7) is 12.5. The molecule has 0 bridgehead atoms. The number of ether oxygens (including phenoxy) is 3. The second-order valence-electron chi connectivity index (χ2n) is 15.7. The molecule has 0 aromatic heterocycles. The number of aliphatic hydroxyl groups is 7. The first-order valence-corrected chi connectivity index (χ1v) is 16.8. The van der Waals surface area contributed by atoms with E-state index in [1.165, 1.54) is 7.11 Å². The summed E-state index contributed by atoms with van der Waals surface area (Å²) in [7, 11) is 1.44. The van der Waals surface area contributed by atoms with Crippen LogP contribution in [0.2, 0.25) is 0 Å². The van der Waals surface area contributed by atoms with Crippen molar-refractivity contribution in [1.29, 1.82) is 0 Å². The van der Waals surface area contributed by atoms with Gasteiger partial charge in [0, 0.05) is 26.1 Å². The van der Waals surface area contributed by atoms with Gasteiger partial charge in [-0.15, -0.1) is 0 Å². The zero-order chi connectivity index (χ0) is 32.4. The fourth-order valence-corrected chi connectivity index (χ4v) is 10.9. The van der Waals surface area contributed by atoms with E-state index in [-0.39, 0.29) is 55.3 Å². The molecule has 4 saturated carbocycles. The van der Waals surface area contributed by atoms with Crippen molar-refractivity contribution in [2.75, 3.05) is 20.3 Å². The van der Waals surface area contributed by atoms with E-state index in [2.05, 4.69) is 27.4 Å². The average molecular weight is 627 g/mol. The third kappa shape index (κ3) is 5.53. The third-order valence-corrected chi connectivity index (χ3v) is 13.3. The molecule has 17 atom stereocenters. The quantitative estimate of drug-likeness (QED) is 0.148. The van der Waals surface area contributed by atoms with Crippen LogP contribution in [0.4, 0.5) is 0 Å². The lowest BCUT2D eigenvalue weighted by Crippen LogP contribution is -2.69. The van der Waals surface area contributed by atoms with E-state index < -0.39 is 65.3 Å². The predicted octanol–water partition coefficient (Wildman–Crippen LogP) is 1.75. The fourth-order valence-electron chi connectivity index (χ4n) is 10.9. The molecule has 1 saturated heterocycles. The number of fused-ring (bicyclic) bond motifs is 5. The zero-order valence-corrected chi connectivity index (χ0v) is 27.2. The molecule has 44 heavy (non-hydrogen) atoms. The van der Waals surface area contributed by atoms with Gasteiger partial charge in [-0.2, -0.15) is 0 Å². The maximum atomic E-state index is 12.7. The van der Waals surface area contributed by atoms with Gasteiger partial charge >= 0.3 is 0 Å². The summed E-state index contributed by atoms with van der Waals surface area (Å²) < 4.78 is 17.4. The van der Waals surface area contributed by atoms with Gasteiger partial charge in [-0.25, -0.2) is 0 Å². The van der Waals surface area contributed by atoms with Gasteiger partial charge in [0.1, 0.15) is 18.3 Å². The first-order valence-electron chi connectivity index (χ1n) is 16.8. The highest BCUT2D eigenvalue weighted by Gasteiger charge is 2.72. The van der Waals surface area contributed by atoms with Crippen molar-refractivity contribution in [1.82, 2.24) is 0 Å². The number of hydrogen-bond donors (Lipinski definition) is 7.